The number of carbonyl (C=O) groups excluding carboxylic acids is 1. The van der Waals surface area contributed by atoms with Crippen LogP contribution in [0.25, 0.3) is 0 Å². The van der Waals surface area contributed by atoms with Crippen molar-refractivity contribution in [1.29, 1.82) is 0 Å². The molecule has 0 bridgehead atoms. The van der Waals surface area contributed by atoms with Crippen molar-refractivity contribution in [2.24, 2.45) is 0 Å². The topological polar surface area (TPSA) is 71.3 Å². The van der Waals surface area contributed by atoms with Crippen molar-refractivity contribution in [2.75, 3.05) is 19.4 Å². The molecular weight excluding hydrogens is 252 g/mol. The highest BCUT2D eigenvalue weighted by molar-refractivity contribution is 7.09. The fraction of sp³-hybridized carbons (Fsp3) is 0.364. The van der Waals surface area contributed by atoms with Gasteiger partial charge in [0.05, 0.1) is 0 Å². The number of carbonyl (C=O) groups is 1. The number of hydrogen-bond donors (Lipinski definition) is 1. The molecule has 0 unspecified atom stereocenters. The summed E-state index contributed by atoms with van der Waals surface area (Å²) in [6, 6.07) is 1.66. The quantitative estimate of drug-likeness (QED) is 0.913. The first-order chi connectivity index (χ1) is 8.54. The summed E-state index contributed by atoms with van der Waals surface area (Å²) in [5.41, 5.74) is 0.400. The van der Waals surface area contributed by atoms with E-state index in [2.05, 4.69) is 15.5 Å². The van der Waals surface area contributed by atoms with Gasteiger partial charge in [-0.1, -0.05) is 5.16 Å². The summed E-state index contributed by atoms with van der Waals surface area (Å²) in [4.78, 5) is 18.1. The maximum absolute atomic E-state index is 11.9. The van der Waals surface area contributed by atoms with Crippen LogP contribution in [0.5, 0.6) is 0 Å². The lowest BCUT2D eigenvalue weighted by molar-refractivity contribution is 0.102. The molecule has 0 aliphatic carbocycles. The Balaban J connectivity index is 2.02. The van der Waals surface area contributed by atoms with Gasteiger partial charge in [0, 0.05) is 18.0 Å². The fourth-order valence-electron chi connectivity index (χ4n) is 1.36. The molecule has 0 aliphatic rings. The van der Waals surface area contributed by atoms with E-state index in [1.807, 2.05) is 19.0 Å². The molecule has 6 nitrogen and oxygen atoms in total. The predicted octanol–water partition coefficient (Wildman–Crippen LogP) is 1.75. The van der Waals surface area contributed by atoms with E-state index >= 15 is 0 Å². The molecule has 2 aromatic heterocycles. The average Bonchev–Trinajstić information content (AvgIpc) is 2.87. The molecule has 2 heterocycles. The van der Waals surface area contributed by atoms with Crippen molar-refractivity contribution in [3.63, 3.8) is 0 Å². The Morgan fingerprint density at radius 2 is 2.33 bits per heavy atom. The summed E-state index contributed by atoms with van der Waals surface area (Å²) in [5.74, 6) is 0.779. The molecule has 2 aromatic rings. The van der Waals surface area contributed by atoms with Crippen LogP contribution in [-0.2, 0) is 6.54 Å². The third-order valence-electron chi connectivity index (χ3n) is 2.11. The Hall–Kier alpha value is -1.73. The van der Waals surface area contributed by atoms with Gasteiger partial charge in [0.2, 0.25) is 0 Å². The summed E-state index contributed by atoms with van der Waals surface area (Å²) >= 11 is 1.46. The summed E-state index contributed by atoms with van der Waals surface area (Å²) < 4.78 is 4.87. The molecule has 0 atom stereocenters. The molecule has 1 amide bonds. The van der Waals surface area contributed by atoms with Crippen LogP contribution in [0.3, 0.4) is 0 Å². The zero-order chi connectivity index (χ0) is 13.1. The van der Waals surface area contributed by atoms with Crippen molar-refractivity contribution in [2.45, 2.75) is 13.5 Å². The summed E-state index contributed by atoms with van der Waals surface area (Å²) in [7, 11) is 3.92. The Morgan fingerprint density at radius 1 is 1.56 bits per heavy atom. The summed E-state index contributed by atoms with van der Waals surface area (Å²) in [5, 5.41) is 8.97. The number of hydrogen-bond acceptors (Lipinski definition) is 6. The molecule has 0 saturated carbocycles. The first-order valence-corrected chi connectivity index (χ1v) is 6.26. The number of anilines is 1. The normalized spacial score (nSPS) is 10.9. The van der Waals surface area contributed by atoms with Gasteiger partial charge in [-0.05, 0) is 21.0 Å². The molecule has 18 heavy (non-hydrogen) atoms. The molecule has 0 fully saturated rings. The average molecular weight is 266 g/mol. The lowest BCUT2D eigenvalue weighted by Crippen LogP contribution is -2.14. The fourth-order valence-corrected chi connectivity index (χ4v) is 2.26. The number of amides is 1. The van der Waals surface area contributed by atoms with Crippen LogP contribution in [0.2, 0.25) is 0 Å². The third-order valence-corrected chi connectivity index (χ3v) is 2.94. The van der Waals surface area contributed by atoms with Crippen LogP contribution in [0, 0.1) is 6.92 Å². The van der Waals surface area contributed by atoms with Crippen molar-refractivity contribution in [3.05, 3.63) is 27.9 Å². The summed E-state index contributed by atoms with van der Waals surface area (Å²) in [6.07, 6.45) is 0. The molecule has 0 aromatic carbocycles. The van der Waals surface area contributed by atoms with Gasteiger partial charge in [0.15, 0.2) is 5.82 Å². The van der Waals surface area contributed by atoms with Crippen LogP contribution in [0.4, 0.5) is 5.82 Å². The minimum Gasteiger partial charge on any atom is -0.360 e. The van der Waals surface area contributed by atoms with Gasteiger partial charge in [0.1, 0.15) is 16.5 Å². The first kappa shape index (κ1) is 12.7. The number of aromatic nitrogens is 2. The minimum atomic E-state index is -0.274. The van der Waals surface area contributed by atoms with E-state index in [4.69, 9.17) is 4.52 Å². The highest BCUT2D eigenvalue weighted by Crippen LogP contribution is 2.13. The molecule has 0 aliphatic heterocycles. The maximum atomic E-state index is 11.9. The largest absolute Gasteiger partial charge is 0.360 e. The zero-order valence-corrected chi connectivity index (χ0v) is 11.2. The van der Waals surface area contributed by atoms with Gasteiger partial charge in [-0.3, -0.25) is 4.79 Å². The van der Waals surface area contributed by atoms with E-state index in [1.54, 1.807) is 18.4 Å². The monoisotopic (exact) mass is 266 g/mol. The molecule has 0 spiro atoms. The highest BCUT2D eigenvalue weighted by atomic mass is 32.1. The van der Waals surface area contributed by atoms with E-state index in [0.29, 0.717) is 17.3 Å². The second kappa shape index (κ2) is 5.28. The Kier molecular flexibility index (Phi) is 3.73. The maximum Gasteiger partial charge on any atom is 0.276 e. The highest BCUT2D eigenvalue weighted by Gasteiger charge is 2.13. The van der Waals surface area contributed by atoms with E-state index in [9.17, 15) is 4.79 Å². The van der Waals surface area contributed by atoms with Gasteiger partial charge >= 0.3 is 0 Å². The summed E-state index contributed by atoms with van der Waals surface area (Å²) in [6.45, 7) is 2.49. The van der Waals surface area contributed by atoms with E-state index in [1.165, 1.54) is 11.3 Å². The van der Waals surface area contributed by atoms with Crippen LogP contribution in [0.1, 0.15) is 21.3 Å². The molecule has 1 N–H and O–H groups in total. The van der Waals surface area contributed by atoms with Gasteiger partial charge in [-0.2, -0.15) is 0 Å². The lowest BCUT2D eigenvalue weighted by Gasteiger charge is -2.04. The van der Waals surface area contributed by atoms with Crippen LogP contribution in [-0.4, -0.2) is 35.0 Å². The van der Waals surface area contributed by atoms with Crippen molar-refractivity contribution in [3.8, 4) is 0 Å². The predicted molar refractivity (Wildman–Crippen MR) is 68.7 cm³/mol. The van der Waals surface area contributed by atoms with Crippen molar-refractivity contribution in [1.82, 2.24) is 15.0 Å². The number of nitrogens with zero attached hydrogens (tertiary/aromatic N) is 3. The lowest BCUT2D eigenvalue weighted by atomic mass is 10.4. The van der Waals surface area contributed by atoms with Gasteiger partial charge < -0.3 is 14.7 Å². The number of nitrogens with one attached hydrogen (secondary N) is 1. The van der Waals surface area contributed by atoms with Crippen LogP contribution < -0.4 is 5.32 Å². The molecule has 2 rings (SSSR count). The Labute approximate surface area is 109 Å². The second-order valence-electron chi connectivity index (χ2n) is 4.14. The third kappa shape index (κ3) is 3.14. The van der Waals surface area contributed by atoms with E-state index in [0.717, 1.165) is 11.6 Å². The number of thiazole rings is 1. The number of rotatable bonds is 4. The molecule has 0 saturated heterocycles. The number of aryl methyl sites for hydroxylation is 1. The minimum absolute atomic E-state index is 0.274. The zero-order valence-electron chi connectivity index (χ0n) is 10.4. The van der Waals surface area contributed by atoms with Gasteiger partial charge in [-0.25, -0.2) is 4.98 Å². The van der Waals surface area contributed by atoms with Gasteiger partial charge in [0.25, 0.3) is 5.91 Å². The second-order valence-corrected chi connectivity index (χ2v) is 5.08. The molecule has 7 heteroatoms. The smallest absolute Gasteiger partial charge is 0.276 e. The van der Waals surface area contributed by atoms with Crippen molar-refractivity contribution < 1.29 is 9.32 Å². The Bertz CT molecular complexity index is 547. The van der Waals surface area contributed by atoms with E-state index in [-0.39, 0.29) is 5.91 Å². The SMILES string of the molecule is Cc1cc(NC(=O)c2csc(CN(C)C)n2)no1. The van der Waals surface area contributed by atoms with Gasteiger partial charge in [-0.15, -0.1) is 11.3 Å². The van der Waals surface area contributed by atoms with Crippen LogP contribution >= 0.6 is 11.3 Å². The standard InChI is InChI=1S/C11H14N4O2S/c1-7-4-9(14-17-7)13-11(16)8-6-18-10(12-8)5-15(2)3/h4,6H,5H2,1-3H3,(H,13,14,16). The first-order valence-electron chi connectivity index (χ1n) is 5.38. The molecule has 96 valence electrons. The molecule has 0 radical (unpaired) electrons. The van der Waals surface area contributed by atoms with Crippen LogP contribution in [0.15, 0.2) is 16.0 Å². The van der Waals surface area contributed by atoms with E-state index < -0.39 is 0 Å². The Morgan fingerprint density at radius 3 is 2.94 bits per heavy atom. The van der Waals surface area contributed by atoms with Crippen molar-refractivity contribution >= 4 is 23.1 Å². The molecular formula is C11H14N4O2S.